The van der Waals surface area contributed by atoms with Crippen molar-refractivity contribution < 1.29 is 4.42 Å². The van der Waals surface area contributed by atoms with Crippen LogP contribution in [0.15, 0.2) is 132 Å². The van der Waals surface area contributed by atoms with Gasteiger partial charge in [-0.2, -0.15) is 5.26 Å². The van der Waals surface area contributed by atoms with Crippen molar-refractivity contribution in [3.63, 3.8) is 0 Å². The van der Waals surface area contributed by atoms with Crippen molar-refractivity contribution in [3.8, 4) is 34.1 Å². The third-order valence-corrected chi connectivity index (χ3v) is 7.71. The summed E-state index contributed by atoms with van der Waals surface area (Å²) in [5, 5.41) is 14.0. The molecule has 186 valence electrons. The zero-order chi connectivity index (χ0) is 26.6. The highest BCUT2D eigenvalue weighted by Gasteiger charge is 2.21. The third-order valence-electron chi connectivity index (χ3n) is 7.71. The number of aromatic nitrogens is 2. The highest BCUT2D eigenvalue weighted by atomic mass is 16.3. The van der Waals surface area contributed by atoms with Gasteiger partial charge >= 0.3 is 0 Å². The monoisotopic (exact) mass is 511 g/mol. The normalized spacial score (nSPS) is 11.5. The molecule has 0 bridgehead atoms. The molecule has 0 atom stereocenters. The Bertz CT molecular complexity index is 2300. The molecular formula is C36H21N3O. The molecule has 0 fully saturated rings. The van der Waals surface area contributed by atoms with Gasteiger partial charge in [-0.05, 0) is 48.0 Å². The van der Waals surface area contributed by atoms with Crippen molar-refractivity contribution in [2.24, 2.45) is 0 Å². The first kappa shape index (κ1) is 22.3. The second-order valence-corrected chi connectivity index (χ2v) is 9.89. The number of hydrogen-bond donors (Lipinski definition) is 0. The zero-order valence-electron chi connectivity index (χ0n) is 21.4. The minimum Gasteiger partial charge on any atom is -0.455 e. The Balaban J connectivity index is 1.45. The van der Waals surface area contributed by atoms with Gasteiger partial charge in [-0.15, -0.1) is 0 Å². The molecule has 0 N–H and O–H groups in total. The molecule has 4 heteroatoms. The molecule has 40 heavy (non-hydrogen) atoms. The van der Waals surface area contributed by atoms with Crippen LogP contribution in [0.2, 0.25) is 0 Å². The number of nitrogens with zero attached hydrogens (tertiary/aromatic N) is 3. The fourth-order valence-corrected chi connectivity index (χ4v) is 5.98. The van der Waals surface area contributed by atoms with E-state index < -0.39 is 0 Å². The summed E-state index contributed by atoms with van der Waals surface area (Å²) in [4.78, 5) is 4.62. The van der Waals surface area contributed by atoms with Crippen LogP contribution in [0, 0.1) is 11.3 Å². The second kappa shape index (κ2) is 8.69. The number of para-hydroxylation sites is 3. The Labute approximate surface area is 230 Å². The number of fused-ring (bicyclic) bond motifs is 7. The molecule has 0 unspecified atom stereocenters. The van der Waals surface area contributed by atoms with Gasteiger partial charge < -0.3 is 8.98 Å². The van der Waals surface area contributed by atoms with E-state index in [9.17, 15) is 5.26 Å². The third kappa shape index (κ3) is 3.22. The summed E-state index contributed by atoms with van der Waals surface area (Å²) < 4.78 is 8.82. The largest absolute Gasteiger partial charge is 0.455 e. The fourth-order valence-electron chi connectivity index (χ4n) is 5.98. The van der Waals surface area contributed by atoms with Crippen LogP contribution in [-0.2, 0) is 0 Å². The van der Waals surface area contributed by atoms with E-state index in [2.05, 4.69) is 101 Å². The number of rotatable bonds is 3. The van der Waals surface area contributed by atoms with Gasteiger partial charge in [-0.3, -0.25) is 4.98 Å². The summed E-state index contributed by atoms with van der Waals surface area (Å²) in [6.07, 6.45) is 1.70. The van der Waals surface area contributed by atoms with Crippen LogP contribution in [0.3, 0.4) is 0 Å². The van der Waals surface area contributed by atoms with Crippen LogP contribution in [0.5, 0.6) is 0 Å². The Morgan fingerprint density at radius 1 is 0.625 bits per heavy atom. The Kier molecular flexibility index (Phi) is 4.85. The Morgan fingerprint density at radius 2 is 1.35 bits per heavy atom. The quantitative estimate of drug-likeness (QED) is 0.237. The van der Waals surface area contributed by atoms with Crippen molar-refractivity contribution in [1.29, 1.82) is 5.26 Å². The van der Waals surface area contributed by atoms with E-state index >= 15 is 0 Å². The predicted molar refractivity (Wildman–Crippen MR) is 161 cm³/mol. The number of benzene rings is 5. The first-order valence-electron chi connectivity index (χ1n) is 13.2. The summed E-state index contributed by atoms with van der Waals surface area (Å²) in [7, 11) is 0. The predicted octanol–water partition coefficient (Wildman–Crippen LogP) is 9.28. The minimum absolute atomic E-state index is 0.588. The molecule has 8 rings (SSSR count). The highest BCUT2D eigenvalue weighted by molar-refractivity contribution is 6.24. The molecule has 0 saturated heterocycles. The first-order valence-corrected chi connectivity index (χ1v) is 13.2. The summed E-state index contributed by atoms with van der Waals surface area (Å²) in [6.45, 7) is 0. The van der Waals surface area contributed by atoms with Crippen molar-refractivity contribution in [2.75, 3.05) is 0 Å². The van der Waals surface area contributed by atoms with Gasteiger partial charge in [0.2, 0.25) is 0 Å². The Hall–Kier alpha value is -5.66. The van der Waals surface area contributed by atoms with Crippen LogP contribution in [0.25, 0.3) is 71.8 Å². The molecule has 5 aromatic carbocycles. The van der Waals surface area contributed by atoms with E-state index in [1.54, 1.807) is 12.3 Å². The van der Waals surface area contributed by atoms with Gasteiger partial charge in [-0.25, -0.2) is 0 Å². The molecule has 4 nitrogen and oxygen atoms in total. The standard InChI is InChI=1S/C36H21N3O/c37-22-23-19-20-38-30(21-23)25-10-2-1-9-24(25)26-11-3-6-14-31(26)39-32-15-7-4-13-29(32)35-33(39)18-17-28-27-12-5-8-16-34(27)40-36(28)35/h1-21H. The lowest BCUT2D eigenvalue weighted by atomic mass is 9.95. The van der Waals surface area contributed by atoms with E-state index in [-0.39, 0.29) is 0 Å². The van der Waals surface area contributed by atoms with Gasteiger partial charge in [0, 0.05) is 33.5 Å². The van der Waals surface area contributed by atoms with Gasteiger partial charge in [-0.1, -0.05) is 78.9 Å². The molecule has 0 radical (unpaired) electrons. The molecule has 0 saturated carbocycles. The zero-order valence-corrected chi connectivity index (χ0v) is 21.4. The van der Waals surface area contributed by atoms with Crippen molar-refractivity contribution >= 4 is 43.7 Å². The van der Waals surface area contributed by atoms with E-state index in [1.165, 1.54) is 0 Å². The van der Waals surface area contributed by atoms with Crippen LogP contribution in [0.4, 0.5) is 0 Å². The van der Waals surface area contributed by atoms with Crippen LogP contribution in [0.1, 0.15) is 5.56 Å². The molecular weight excluding hydrogens is 490 g/mol. The molecule has 0 amide bonds. The van der Waals surface area contributed by atoms with Crippen molar-refractivity contribution in [3.05, 3.63) is 133 Å². The average Bonchev–Trinajstić information content (AvgIpc) is 3.57. The van der Waals surface area contributed by atoms with Gasteiger partial charge in [0.15, 0.2) is 0 Å². The SMILES string of the molecule is N#Cc1ccnc(-c2ccccc2-c2ccccc2-n2c3ccccc3c3c4oc5ccccc5c4ccc32)c1. The van der Waals surface area contributed by atoms with Crippen LogP contribution in [-0.4, -0.2) is 9.55 Å². The summed E-state index contributed by atoms with van der Waals surface area (Å²) >= 11 is 0. The maximum atomic E-state index is 9.50. The number of nitriles is 1. The first-order chi connectivity index (χ1) is 19.8. The van der Waals surface area contributed by atoms with E-state index in [4.69, 9.17) is 4.42 Å². The Morgan fingerprint density at radius 3 is 2.23 bits per heavy atom. The maximum absolute atomic E-state index is 9.50. The number of pyridine rings is 1. The molecule has 0 spiro atoms. The number of hydrogen-bond acceptors (Lipinski definition) is 3. The summed E-state index contributed by atoms with van der Waals surface area (Å²) in [6, 6.07) is 43.7. The fraction of sp³-hybridized carbons (Fsp3) is 0. The van der Waals surface area contributed by atoms with Gasteiger partial charge in [0.1, 0.15) is 11.2 Å². The van der Waals surface area contributed by atoms with E-state index in [0.29, 0.717) is 5.56 Å². The lowest BCUT2D eigenvalue weighted by molar-refractivity contribution is 0.673. The summed E-state index contributed by atoms with van der Waals surface area (Å²) in [5.74, 6) is 0. The lowest BCUT2D eigenvalue weighted by Gasteiger charge is -2.16. The van der Waals surface area contributed by atoms with Gasteiger partial charge in [0.25, 0.3) is 0 Å². The van der Waals surface area contributed by atoms with E-state index in [1.807, 2.05) is 30.3 Å². The molecule has 3 heterocycles. The second-order valence-electron chi connectivity index (χ2n) is 9.89. The van der Waals surface area contributed by atoms with Crippen LogP contribution < -0.4 is 0 Å². The van der Waals surface area contributed by atoms with Gasteiger partial charge in [0.05, 0.1) is 39.4 Å². The molecule has 0 aliphatic carbocycles. The highest BCUT2D eigenvalue weighted by Crippen LogP contribution is 2.43. The molecule has 0 aliphatic rings. The number of furan rings is 1. The van der Waals surface area contributed by atoms with E-state index in [0.717, 1.165) is 71.8 Å². The topological polar surface area (TPSA) is 54.8 Å². The summed E-state index contributed by atoms with van der Waals surface area (Å²) in [5.41, 5.74) is 9.53. The van der Waals surface area contributed by atoms with Crippen LogP contribution >= 0.6 is 0 Å². The molecule has 0 aliphatic heterocycles. The molecule has 8 aromatic rings. The average molecular weight is 512 g/mol. The van der Waals surface area contributed by atoms with Crippen molar-refractivity contribution in [2.45, 2.75) is 0 Å². The maximum Gasteiger partial charge on any atom is 0.145 e. The molecule has 3 aromatic heterocycles. The smallest absolute Gasteiger partial charge is 0.145 e. The lowest BCUT2D eigenvalue weighted by Crippen LogP contribution is -1.98. The minimum atomic E-state index is 0.588. The van der Waals surface area contributed by atoms with Crippen molar-refractivity contribution in [1.82, 2.24) is 9.55 Å².